The molecule has 0 unspecified atom stereocenters. The molecule has 0 aromatic heterocycles. The Bertz CT molecular complexity index is 2240. The van der Waals surface area contributed by atoms with Gasteiger partial charge in [0.25, 0.3) is 0 Å². The van der Waals surface area contributed by atoms with Crippen LogP contribution in [-0.4, -0.2) is 5.11 Å². The molecule has 1 aliphatic heterocycles. The maximum absolute atomic E-state index is 12.6. The van der Waals surface area contributed by atoms with Crippen LogP contribution in [0.1, 0.15) is 222 Å². The number of benzene rings is 4. The van der Waals surface area contributed by atoms with Crippen molar-refractivity contribution in [2.75, 3.05) is 0 Å². The van der Waals surface area contributed by atoms with Crippen molar-refractivity contribution in [3.05, 3.63) is 104 Å². The first-order valence-corrected chi connectivity index (χ1v) is 24.1. The first kappa shape index (κ1) is 49.5. The number of aromatic hydroxyl groups is 1. The molecule has 0 radical (unpaired) electrons. The summed E-state index contributed by atoms with van der Waals surface area (Å²) in [5.41, 5.74) is 11.3. The fourth-order valence-corrected chi connectivity index (χ4v) is 9.27. The number of phenolic OH excluding ortho intramolecular Hbond substituents is 1. The van der Waals surface area contributed by atoms with E-state index in [2.05, 4.69) is 215 Å². The fourth-order valence-electron chi connectivity index (χ4n) is 8.08. The molecule has 4 aromatic carbocycles. The van der Waals surface area contributed by atoms with Gasteiger partial charge in [-0.25, -0.2) is 0 Å². The zero-order chi connectivity index (χ0) is 47.3. The Balaban J connectivity index is 1.97. The lowest BCUT2D eigenvalue weighted by Gasteiger charge is -2.35. The fraction of sp³-hybridized carbons (Fsp3) is 0.579. The third-order valence-corrected chi connectivity index (χ3v) is 13.4. The van der Waals surface area contributed by atoms with Gasteiger partial charge in [0.05, 0.1) is 0 Å². The Morgan fingerprint density at radius 2 is 0.694 bits per heavy atom. The number of hydrogen-bond donors (Lipinski definition) is 1. The second kappa shape index (κ2) is 15.9. The van der Waals surface area contributed by atoms with Crippen LogP contribution in [0.2, 0.25) is 0 Å². The number of rotatable bonds is 3. The summed E-state index contributed by atoms with van der Waals surface area (Å²) in [7, 11) is -2.13. The van der Waals surface area contributed by atoms with Crippen molar-refractivity contribution in [2.45, 2.75) is 216 Å². The molecule has 0 saturated heterocycles. The average molecular weight is 863 g/mol. The highest BCUT2D eigenvalue weighted by Crippen LogP contribution is 2.57. The van der Waals surface area contributed by atoms with Gasteiger partial charge in [-0.05, 0) is 88.8 Å². The molecule has 0 atom stereocenters. The van der Waals surface area contributed by atoms with Crippen molar-refractivity contribution < 1.29 is 18.7 Å². The lowest BCUT2D eigenvalue weighted by Crippen LogP contribution is -2.23. The van der Waals surface area contributed by atoms with Crippen molar-refractivity contribution in [3.63, 3.8) is 0 Å². The van der Waals surface area contributed by atoms with Gasteiger partial charge in [-0.2, -0.15) is 0 Å². The lowest BCUT2D eigenvalue weighted by molar-refractivity contribution is 0.365. The van der Waals surface area contributed by atoms with Crippen LogP contribution in [-0.2, 0) is 49.7 Å². The Morgan fingerprint density at radius 3 is 1.03 bits per heavy atom. The minimum absolute atomic E-state index is 0.0808. The van der Waals surface area contributed by atoms with Crippen molar-refractivity contribution >= 4 is 8.60 Å². The maximum atomic E-state index is 12.6. The van der Waals surface area contributed by atoms with Crippen LogP contribution in [0.15, 0.2) is 48.5 Å². The summed E-state index contributed by atoms with van der Waals surface area (Å²) in [5.74, 6) is 2.62. The van der Waals surface area contributed by atoms with E-state index in [-0.39, 0.29) is 49.1 Å². The highest BCUT2D eigenvalue weighted by molar-refractivity contribution is 7.43. The molecule has 0 fully saturated rings. The minimum atomic E-state index is -2.13. The van der Waals surface area contributed by atoms with Gasteiger partial charge in [0.15, 0.2) is 0 Å². The largest absolute Gasteiger partial charge is 0.530 e. The second-order valence-corrected chi connectivity index (χ2v) is 27.5. The van der Waals surface area contributed by atoms with Gasteiger partial charge in [0.1, 0.15) is 23.0 Å². The van der Waals surface area contributed by atoms with E-state index in [0.29, 0.717) is 12.2 Å². The van der Waals surface area contributed by atoms with E-state index in [9.17, 15) is 5.11 Å². The van der Waals surface area contributed by atoms with Gasteiger partial charge >= 0.3 is 8.60 Å². The molecule has 5 rings (SSSR count). The second-order valence-electron chi connectivity index (χ2n) is 26.5. The van der Waals surface area contributed by atoms with Crippen LogP contribution in [0.25, 0.3) is 11.1 Å². The van der Waals surface area contributed by atoms with Crippen LogP contribution in [0.5, 0.6) is 23.0 Å². The molecule has 62 heavy (non-hydrogen) atoms. The molecule has 0 saturated carbocycles. The predicted octanol–water partition coefficient (Wildman–Crippen LogP) is 17.1. The normalized spacial score (nSPS) is 15.0. The Labute approximate surface area is 380 Å². The van der Waals surface area contributed by atoms with Crippen molar-refractivity contribution in [2.24, 2.45) is 0 Å². The Morgan fingerprint density at radius 1 is 0.387 bits per heavy atom. The molecular weight excluding hydrogens is 780 g/mol. The van der Waals surface area contributed by atoms with Crippen molar-refractivity contribution in [1.29, 1.82) is 0 Å². The van der Waals surface area contributed by atoms with Crippen LogP contribution < -0.4 is 13.6 Å². The van der Waals surface area contributed by atoms with Gasteiger partial charge in [-0.3, -0.25) is 0 Å². The van der Waals surface area contributed by atoms with Gasteiger partial charge in [-0.1, -0.05) is 203 Å². The molecular formula is C57H83O4P. The van der Waals surface area contributed by atoms with E-state index < -0.39 is 8.60 Å². The molecule has 4 nitrogen and oxygen atoms in total. The monoisotopic (exact) mass is 863 g/mol. The molecule has 0 bridgehead atoms. The number of phenols is 1. The first-order chi connectivity index (χ1) is 27.7. The molecule has 4 aromatic rings. The lowest BCUT2D eigenvalue weighted by atomic mass is 9.75. The molecule has 340 valence electrons. The zero-order valence-electron chi connectivity index (χ0n) is 43.4. The number of hydrogen-bond acceptors (Lipinski definition) is 4. The summed E-state index contributed by atoms with van der Waals surface area (Å²) in [6, 6.07) is 18.3. The van der Waals surface area contributed by atoms with E-state index in [0.717, 1.165) is 61.6 Å². The molecule has 0 spiro atoms. The van der Waals surface area contributed by atoms with Gasteiger partial charge < -0.3 is 18.7 Å². The molecule has 5 heteroatoms. The Kier molecular flexibility index (Phi) is 12.7. The molecule has 0 aliphatic carbocycles. The maximum Gasteiger partial charge on any atom is 0.530 e. The van der Waals surface area contributed by atoms with E-state index in [1.807, 2.05) is 0 Å². The summed E-state index contributed by atoms with van der Waals surface area (Å²) in [5, 5.41) is 12.6. The third-order valence-electron chi connectivity index (χ3n) is 12.4. The van der Waals surface area contributed by atoms with Gasteiger partial charge in [-0.15, -0.1) is 0 Å². The van der Waals surface area contributed by atoms with Crippen LogP contribution in [0.4, 0.5) is 0 Å². The highest BCUT2D eigenvalue weighted by atomic mass is 31.2. The predicted molar refractivity (Wildman–Crippen MR) is 268 cm³/mol. The summed E-state index contributed by atoms with van der Waals surface area (Å²) >= 11 is 0. The average Bonchev–Trinajstić information content (AvgIpc) is 3.04. The van der Waals surface area contributed by atoms with Crippen molar-refractivity contribution in [1.82, 2.24) is 0 Å². The van der Waals surface area contributed by atoms with Gasteiger partial charge in [0, 0.05) is 39.8 Å². The molecule has 1 N–H and O–H groups in total. The Hall–Kier alpha value is -3.49. The zero-order valence-corrected chi connectivity index (χ0v) is 44.3. The summed E-state index contributed by atoms with van der Waals surface area (Å²) in [4.78, 5) is 0. The first-order valence-electron chi connectivity index (χ1n) is 23.0. The summed E-state index contributed by atoms with van der Waals surface area (Å²) in [6.45, 7) is 54.1. The third kappa shape index (κ3) is 10.5. The van der Waals surface area contributed by atoms with E-state index in [1.165, 1.54) is 16.7 Å². The van der Waals surface area contributed by atoms with E-state index in [4.69, 9.17) is 13.6 Å². The van der Waals surface area contributed by atoms with E-state index in [1.54, 1.807) is 0 Å². The van der Waals surface area contributed by atoms with E-state index >= 15 is 0 Å². The van der Waals surface area contributed by atoms with Crippen LogP contribution >= 0.6 is 8.60 Å². The summed E-state index contributed by atoms with van der Waals surface area (Å²) < 4.78 is 22.3. The highest BCUT2D eigenvalue weighted by Gasteiger charge is 2.39. The van der Waals surface area contributed by atoms with Gasteiger partial charge in [0.2, 0.25) is 0 Å². The minimum Gasteiger partial charge on any atom is -0.507 e. The SMILES string of the molecule is CC(C)(C)c1cc(-c2cc(C(C)(C)C)cc(C(C)(C)C)c2OP2Oc3c(cc(C(C)(C)C)cc3C(C)(C)C)Cc3cc(C(C)(C)C)cc(C(C)(C)C)c3O2)c(O)c(C(C)(C)C)c1. The standard InChI is InChI=1S/C57H83O4P/c1-50(2,3)36-26-34-25-35-27-37(51(4,5)6)32-44(56(19,20)21)48(35)60-62(59-47(34)43(31-36)55(16,17)18)61-49-41(29-39(53(10,11)12)33-45(49)57(22,23)24)40-28-38(52(7,8)9)30-42(46(40)58)54(13,14)15/h26-33,58H,25H2,1-24H3. The topological polar surface area (TPSA) is 47.9 Å². The van der Waals surface area contributed by atoms with Crippen LogP contribution in [0, 0.1) is 0 Å². The van der Waals surface area contributed by atoms with Crippen molar-refractivity contribution in [3.8, 4) is 34.1 Å². The molecule has 0 amide bonds. The quantitative estimate of drug-likeness (QED) is 0.209. The molecule has 1 aliphatic rings. The number of fused-ring (bicyclic) bond motifs is 2. The smallest absolute Gasteiger partial charge is 0.507 e. The molecule has 1 heterocycles. The van der Waals surface area contributed by atoms with Crippen LogP contribution in [0.3, 0.4) is 0 Å². The summed E-state index contributed by atoms with van der Waals surface area (Å²) in [6.07, 6.45) is 0.662.